The Kier molecular flexibility index (Phi) is 12.7. The Morgan fingerprint density at radius 3 is 2.50 bits per heavy atom. The molecule has 0 heterocycles. The summed E-state index contributed by atoms with van der Waals surface area (Å²) in [5.41, 5.74) is 0. The lowest BCUT2D eigenvalue weighted by atomic mass is 10.2. The van der Waals surface area contributed by atoms with Crippen LogP contribution in [0, 0.1) is 0 Å². The summed E-state index contributed by atoms with van der Waals surface area (Å²) in [5.74, 6) is 0.888. The lowest BCUT2D eigenvalue weighted by Gasteiger charge is -2.23. The van der Waals surface area contributed by atoms with Crippen molar-refractivity contribution >= 4 is 5.96 Å². The maximum absolute atomic E-state index is 5.31. The second kappa shape index (κ2) is 13.2. The van der Waals surface area contributed by atoms with Crippen molar-refractivity contribution in [3.63, 3.8) is 0 Å². The molecule has 2 N–H and O–H groups in total. The Labute approximate surface area is 125 Å². The normalized spacial score (nSPS) is 13.6. The van der Waals surface area contributed by atoms with E-state index >= 15 is 0 Å². The minimum Gasteiger partial charge on any atom is -0.382 e. The van der Waals surface area contributed by atoms with E-state index in [0.29, 0.717) is 6.04 Å². The van der Waals surface area contributed by atoms with Crippen molar-refractivity contribution in [2.45, 2.75) is 46.1 Å². The molecule has 0 bridgehead atoms. The molecule has 0 aliphatic heterocycles. The fourth-order valence-corrected chi connectivity index (χ4v) is 1.78. The third kappa shape index (κ3) is 10.0. The molecule has 5 nitrogen and oxygen atoms in total. The monoisotopic (exact) mass is 286 g/mol. The number of aliphatic imine (C=N–C) groups is 1. The van der Waals surface area contributed by atoms with Gasteiger partial charge in [0.15, 0.2) is 5.96 Å². The predicted octanol–water partition coefficient (Wildman–Crippen LogP) is 1.70. The van der Waals surface area contributed by atoms with E-state index in [0.717, 1.165) is 51.6 Å². The van der Waals surface area contributed by atoms with Crippen molar-refractivity contribution in [2.75, 3.05) is 46.9 Å². The van der Waals surface area contributed by atoms with Crippen molar-refractivity contribution in [3.05, 3.63) is 0 Å². The van der Waals surface area contributed by atoms with E-state index in [2.05, 4.69) is 41.4 Å². The van der Waals surface area contributed by atoms with E-state index in [1.54, 1.807) is 0 Å². The fourth-order valence-electron chi connectivity index (χ4n) is 1.78. The van der Waals surface area contributed by atoms with Gasteiger partial charge in [0.05, 0.1) is 0 Å². The van der Waals surface area contributed by atoms with E-state index in [1.807, 2.05) is 14.0 Å². The smallest absolute Gasteiger partial charge is 0.191 e. The van der Waals surface area contributed by atoms with Gasteiger partial charge < -0.3 is 20.3 Å². The second-order valence-electron chi connectivity index (χ2n) is 5.07. The molecule has 0 aromatic rings. The zero-order chi connectivity index (χ0) is 15.2. The Morgan fingerprint density at radius 2 is 1.90 bits per heavy atom. The van der Waals surface area contributed by atoms with Crippen LogP contribution in [-0.2, 0) is 4.74 Å². The quantitative estimate of drug-likeness (QED) is 0.345. The highest BCUT2D eigenvalue weighted by molar-refractivity contribution is 5.79. The standard InChI is InChI=1S/C15H34N4O/c1-6-14(3)19(5)12-11-18-15(16-4)17-10-8-9-13-20-7-2/h14H,6-13H2,1-5H3,(H2,16,17,18). The van der Waals surface area contributed by atoms with E-state index in [-0.39, 0.29) is 0 Å². The van der Waals surface area contributed by atoms with Crippen LogP contribution in [0.25, 0.3) is 0 Å². The fraction of sp³-hybridized carbons (Fsp3) is 0.933. The van der Waals surface area contributed by atoms with Crippen molar-refractivity contribution in [1.29, 1.82) is 0 Å². The first kappa shape index (κ1) is 19.2. The van der Waals surface area contributed by atoms with Gasteiger partial charge in [-0.05, 0) is 40.2 Å². The topological polar surface area (TPSA) is 48.9 Å². The minimum absolute atomic E-state index is 0.630. The van der Waals surface area contributed by atoms with Gasteiger partial charge in [0, 0.05) is 45.9 Å². The van der Waals surface area contributed by atoms with E-state index in [4.69, 9.17) is 4.74 Å². The molecule has 0 spiro atoms. The van der Waals surface area contributed by atoms with Gasteiger partial charge >= 0.3 is 0 Å². The Hall–Kier alpha value is -0.810. The second-order valence-corrected chi connectivity index (χ2v) is 5.07. The van der Waals surface area contributed by atoms with E-state index in [9.17, 15) is 0 Å². The number of nitrogens with one attached hydrogen (secondary N) is 2. The number of rotatable bonds is 11. The first-order chi connectivity index (χ1) is 9.65. The SMILES string of the molecule is CCOCCCCNC(=NC)NCCN(C)C(C)CC. The first-order valence-electron chi connectivity index (χ1n) is 7.88. The molecular weight excluding hydrogens is 252 g/mol. The number of unbranched alkanes of at least 4 members (excludes halogenated alkanes) is 1. The first-order valence-corrected chi connectivity index (χ1v) is 7.88. The average molecular weight is 286 g/mol. The lowest BCUT2D eigenvalue weighted by molar-refractivity contribution is 0.143. The third-order valence-electron chi connectivity index (χ3n) is 3.54. The Bertz CT molecular complexity index is 246. The number of nitrogens with zero attached hydrogens (tertiary/aromatic N) is 2. The van der Waals surface area contributed by atoms with Crippen LogP contribution in [0.1, 0.15) is 40.0 Å². The summed E-state index contributed by atoms with van der Waals surface area (Å²) in [6.45, 7) is 11.0. The van der Waals surface area contributed by atoms with Gasteiger partial charge in [0.25, 0.3) is 0 Å². The minimum atomic E-state index is 0.630. The maximum atomic E-state index is 5.31. The van der Waals surface area contributed by atoms with Crippen LogP contribution in [0.15, 0.2) is 4.99 Å². The molecule has 0 aliphatic carbocycles. The molecule has 1 unspecified atom stereocenters. The molecule has 0 fully saturated rings. The number of hydrogen-bond acceptors (Lipinski definition) is 3. The lowest BCUT2D eigenvalue weighted by Crippen LogP contribution is -2.42. The van der Waals surface area contributed by atoms with Crippen LogP contribution in [-0.4, -0.2) is 63.8 Å². The molecular formula is C15H34N4O. The Balaban J connectivity index is 3.62. The largest absolute Gasteiger partial charge is 0.382 e. The zero-order valence-corrected chi connectivity index (χ0v) is 14.0. The molecule has 0 aromatic carbocycles. The molecule has 0 radical (unpaired) electrons. The van der Waals surface area contributed by atoms with Gasteiger partial charge in [-0.1, -0.05) is 6.92 Å². The van der Waals surface area contributed by atoms with E-state index in [1.165, 1.54) is 6.42 Å². The highest BCUT2D eigenvalue weighted by atomic mass is 16.5. The van der Waals surface area contributed by atoms with Crippen LogP contribution in [0.2, 0.25) is 0 Å². The third-order valence-corrected chi connectivity index (χ3v) is 3.54. The van der Waals surface area contributed by atoms with Gasteiger partial charge in [-0.2, -0.15) is 0 Å². The molecule has 120 valence electrons. The molecule has 0 saturated heterocycles. The molecule has 0 aromatic heterocycles. The number of likely N-dealkylation sites (N-methyl/N-ethyl adjacent to an activating group) is 1. The van der Waals surface area contributed by atoms with Crippen LogP contribution in [0.5, 0.6) is 0 Å². The maximum Gasteiger partial charge on any atom is 0.191 e. The molecule has 5 heteroatoms. The highest BCUT2D eigenvalue weighted by Gasteiger charge is 2.05. The summed E-state index contributed by atoms with van der Waals surface area (Å²) in [6, 6.07) is 0.630. The summed E-state index contributed by atoms with van der Waals surface area (Å²) in [6.07, 6.45) is 3.38. The molecule has 20 heavy (non-hydrogen) atoms. The zero-order valence-electron chi connectivity index (χ0n) is 14.0. The van der Waals surface area contributed by atoms with E-state index < -0.39 is 0 Å². The summed E-state index contributed by atoms with van der Waals surface area (Å²) in [5, 5.41) is 6.68. The highest BCUT2D eigenvalue weighted by Crippen LogP contribution is 1.98. The molecule has 1 atom stereocenters. The summed E-state index contributed by atoms with van der Waals surface area (Å²) >= 11 is 0. The van der Waals surface area contributed by atoms with Crippen molar-refractivity contribution < 1.29 is 4.74 Å². The van der Waals surface area contributed by atoms with Gasteiger partial charge in [0.2, 0.25) is 0 Å². The van der Waals surface area contributed by atoms with Crippen LogP contribution >= 0.6 is 0 Å². The van der Waals surface area contributed by atoms with Gasteiger partial charge in [-0.15, -0.1) is 0 Å². The van der Waals surface area contributed by atoms with Gasteiger partial charge in [-0.25, -0.2) is 0 Å². The molecule has 0 amide bonds. The summed E-state index contributed by atoms with van der Waals surface area (Å²) in [7, 11) is 3.98. The number of hydrogen-bond donors (Lipinski definition) is 2. The average Bonchev–Trinajstić information content (AvgIpc) is 2.47. The Morgan fingerprint density at radius 1 is 1.20 bits per heavy atom. The van der Waals surface area contributed by atoms with Crippen LogP contribution in [0.4, 0.5) is 0 Å². The molecule has 0 saturated carbocycles. The van der Waals surface area contributed by atoms with Crippen molar-refractivity contribution in [2.24, 2.45) is 4.99 Å². The number of guanidine groups is 1. The molecule has 0 rings (SSSR count). The molecule has 0 aliphatic rings. The van der Waals surface area contributed by atoms with Crippen LogP contribution < -0.4 is 10.6 Å². The van der Waals surface area contributed by atoms with Crippen LogP contribution in [0.3, 0.4) is 0 Å². The summed E-state index contributed by atoms with van der Waals surface area (Å²) in [4.78, 5) is 6.59. The van der Waals surface area contributed by atoms with Gasteiger partial charge in [0.1, 0.15) is 0 Å². The predicted molar refractivity (Wildman–Crippen MR) is 87.5 cm³/mol. The van der Waals surface area contributed by atoms with Crippen molar-refractivity contribution in [1.82, 2.24) is 15.5 Å². The summed E-state index contributed by atoms with van der Waals surface area (Å²) < 4.78 is 5.31. The van der Waals surface area contributed by atoms with Gasteiger partial charge in [-0.3, -0.25) is 4.99 Å². The van der Waals surface area contributed by atoms with Crippen molar-refractivity contribution in [3.8, 4) is 0 Å². The number of ether oxygens (including phenoxy) is 1.